The number of amides is 3. The summed E-state index contributed by atoms with van der Waals surface area (Å²) >= 11 is 1.38. The molecule has 3 rings (SSSR count). The van der Waals surface area contributed by atoms with Crippen LogP contribution in [0.5, 0.6) is 0 Å². The van der Waals surface area contributed by atoms with Gasteiger partial charge in [-0.1, -0.05) is 29.5 Å². The molecule has 0 saturated carbocycles. The Hall–Kier alpha value is -2.93. The van der Waals surface area contributed by atoms with Crippen molar-refractivity contribution in [2.24, 2.45) is 0 Å². The molecule has 0 radical (unpaired) electrons. The number of nitrogens with zero attached hydrogens (tertiary/aromatic N) is 1. The number of urea groups is 1. The van der Waals surface area contributed by atoms with Crippen LogP contribution in [-0.2, 0) is 0 Å². The Kier molecular flexibility index (Phi) is 4.20. The number of hydrogen-bond acceptors (Lipinski definition) is 4. The van der Waals surface area contributed by atoms with Crippen molar-refractivity contribution in [1.29, 1.82) is 0 Å². The van der Waals surface area contributed by atoms with E-state index in [0.29, 0.717) is 21.9 Å². The lowest BCUT2D eigenvalue weighted by molar-refractivity contribution is 0.102. The molecule has 0 spiro atoms. The molecule has 3 aromatic rings. The van der Waals surface area contributed by atoms with Gasteiger partial charge in [-0.05, 0) is 30.3 Å². The minimum atomic E-state index is -0.294. The highest BCUT2D eigenvalue weighted by Gasteiger charge is 2.10. The van der Waals surface area contributed by atoms with Crippen molar-refractivity contribution in [3.63, 3.8) is 0 Å². The molecule has 0 aliphatic heterocycles. The van der Waals surface area contributed by atoms with Crippen molar-refractivity contribution in [1.82, 2.24) is 10.3 Å². The molecule has 0 atom stereocenters. The minimum Gasteiger partial charge on any atom is -0.341 e. The number of hydrogen-bond donors (Lipinski definition) is 3. The van der Waals surface area contributed by atoms with Crippen LogP contribution in [0.15, 0.2) is 48.5 Å². The molecule has 0 aliphatic carbocycles. The molecule has 3 amide bonds. The highest BCUT2D eigenvalue weighted by atomic mass is 32.1. The summed E-state index contributed by atoms with van der Waals surface area (Å²) in [5.74, 6) is -0.201. The summed E-state index contributed by atoms with van der Waals surface area (Å²) in [6, 6.07) is 14.1. The average Bonchev–Trinajstić information content (AvgIpc) is 2.97. The zero-order valence-corrected chi connectivity index (χ0v) is 13.1. The molecule has 7 heteroatoms. The van der Waals surface area contributed by atoms with Crippen LogP contribution in [0.3, 0.4) is 0 Å². The third kappa shape index (κ3) is 3.46. The third-order valence-electron chi connectivity index (χ3n) is 3.13. The Bertz CT molecular complexity index is 861. The van der Waals surface area contributed by atoms with E-state index in [1.54, 1.807) is 31.3 Å². The van der Waals surface area contributed by atoms with E-state index in [-0.39, 0.29) is 11.9 Å². The molecular weight excluding hydrogens is 312 g/mol. The first-order valence-electron chi connectivity index (χ1n) is 6.91. The van der Waals surface area contributed by atoms with Crippen LogP contribution in [0.4, 0.5) is 15.6 Å². The molecule has 0 unspecified atom stereocenters. The second-order valence-corrected chi connectivity index (χ2v) is 5.76. The average molecular weight is 326 g/mol. The SMILES string of the molecule is CNC(=O)Nc1ccc2sc(NC(=O)c3ccccc3)nc2c1. The molecule has 0 bridgehead atoms. The number of nitrogens with one attached hydrogen (secondary N) is 3. The smallest absolute Gasteiger partial charge is 0.318 e. The summed E-state index contributed by atoms with van der Waals surface area (Å²) in [6.07, 6.45) is 0. The fraction of sp³-hybridized carbons (Fsp3) is 0.0625. The molecule has 0 fully saturated rings. The van der Waals surface area contributed by atoms with Crippen LogP contribution < -0.4 is 16.0 Å². The maximum Gasteiger partial charge on any atom is 0.318 e. The maximum atomic E-state index is 12.1. The quantitative estimate of drug-likeness (QED) is 0.690. The van der Waals surface area contributed by atoms with Gasteiger partial charge in [0, 0.05) is 18.3 Å². The van der Waals surface area contributed by atoms with Crippen molar-refractivity contribution >= 4 is 44.3 Å². The number of carbonyl (C=O) groups excluding carboxylic acids is 2. The lowest BCUT2D eigenvalue weighted by atomic mass is 10.2. The summed E-state index contributed by atoms with van der Waals surface area (Å²) in [4.78, 5) is 27.8. The van der Waals surface area contributed by atoms with Gasteiger partial charge < -0.3 is 10.6 Å². The van der Waals surface area contributed by atoms with Crippen molar-refractivity contribution in [2.75, 3.05) is 17.7 Å². The van der Waals surface area contributed by atoms with E-state index in [1.807, 2.05) is 24.3 Å². The van der Waals surface area contributed by atoms with Crippen LogP contribution in [0.1, 0.15) is 10.4 Å². The van der Waals surface area contributed by atoms with Crippen molar-refractivity contribution in [2.45, 2.75) is 0 Å². The maximum absolute atomic E-state index is 12.1. The van der Waals surface area contributed by atoms with Gasteiger partial charge in [0.25, 0.3) is 5.91 Å². The molecule has 2 aromatic carbocycles. The van der Waals surface area contributed by atoms with Crippen LogP contribution in [0, 0.1) is 0 Å². The van der Waals surface area contributed by atoms with Crippen molar-refractivity contribution in [3.05, 3.63) is 54.1 Å². The number of benzene rings is 2. The minimum absolute atomic E-state index is 0.201. The Balaban J connectivity index is 1.80. The summed E-state index contributed by atoms with van der Waals surface area (Å²) < 4.78 is 0.927. The lowest BCUT2D eigenvalue weighted by Crippen LogP contribution is -2.24. The zero-order chi connectivity index (χ0) is 16.2. The van der Waals surface area contributed by atoms with E-state index < -0.39 is 0 Å². The van der Waals surface area contributed by atoms with E-state index in [2.05, 4.69) is 20.9 Å². The van der Waals surface area contributed by atoms with Gasteiger partial charge in [-0.2, -0.15) is 0 Å². The standard InChI is InChI=1S/C16H14N4O2S/c1-17-15(22)18-11-7-8-13-12(9-11)19-16(23-13)20-14(21)10-5-3-2-4-6-10/h2-9H,1H3,(H2,17,18,22)(H,19,20,21). The highest BCUT2D eigenvalue weighted by Crippen LogP contribution is 2.28. The Morgan fingerprint density at radius 3 is 2.57 bits per heavy atom. The molecule has 116 valence electrons. The normalized spacial score (nSPS) is 10.3. The van der Waals surface area contributed by atoms with E-state index in [4.69, 9.17) is 0 Å². The van der Waals surface area contributed by atoms with Gasteiger partial charge in [0.2, 0.25) is 0 Å². The van der Waals surface area contributed by atoms with E-state index in [0.717, 1.165) is 4.70 Å². The van der Waals surface area contributed by atoms with Crippen LogP contribution in [0.2, 0.25) is 0 Å². The number of rotatable bonds is 3. The van der Waals surface area contributed by atoms with Crippen LogP contribution >= 0.6 is 11.3 Å². The fourth-order valence-corrected chi connectivity index (χ4v) is 2.85. The molecule has 23 heavy (non-hydrogen) atoms. The van der Waals surface area contributed by atoms with Crippen LogP contribution in [-0.4, -0.2) is 24.0 Å². The van der Waals surface area contributed by atoms with Gasteiger partial charge in [0.15, 0.2) is 5.13 Å². The first-order chi connectivity index (χ1) is 11.2. The zero-order valence-electron chi connectivity index (χ0n) is 12.3. The van der Waals surface area contributed by atoms with Crippen molar-refractivity contribution in [3.8, 4) is 0 Å². The number of thiazole rings is 1. The van der Waals surface area contributed by atoms with Crippen LogP contribution in [0.25, 0.3) is 10.2 Å². The van der Waals surface area contributed by atoms with Gasteiger partial charge in [-0.25, -0.2) is 9.78 Å². The molecule has 0 saturated heterocycles. The largest absolute Gasteiger partial charge is 0.341 e. The van der Waals surface area contributed by atoms with E-state index in [1.165, 1.54) is 11.3 Å². The van der Waals surface area contributed by atoms with Gasteiger partial charge in [-0.3, -0.25) is 10.1 Å². The Labute approximate surface area is 136 Å². The number of anilines is 2. The first-order valence-corrected chi connectivity index (χ1v) is 7.73. The summed E-state index contributed by atoms with van der Waals surface area (Å²) in [7, 11) is 1.55. The fourth-order valence-electron chi connectivity index (χ4n) is 2.01. The topological polar surface area (TPSA) is 83.1 Å². The molecular formula is C16H14N4O2S. The monoisotopic (exact) mass is 326 g/mol. The van der Waals surface area contributed by atoms with Crippen molar-refractivity contribution < 1.29 is 9.59 Å². The molecule has 6 nitrogen and oxygen atoms in total. The predicted molar refractivity (Wildman–Crippen MR) is 92.1 cm³/mol. The molecule has 3 N–H and O–H groups in total. The molecule has 1 aromatic heterocycles. The Morgan fingerprint density at radius 1 is 1.04 bits per heavy atom. The van der Waals surface area contributed by atoms with Gasteiger partial charge in [0.05, 0.1) is 10.2 Å². The second kappa shape index (κ2) is 6.45. The van der Waals surface area contributed by atoms with E-state index in [9.17, 15) is 9.59 Å². The number of fused-ring (bicyclic) bond motifs is 1. The summed E-state index contributed by atoms with van der Waals surface area (Å²) in [5.41, 5.74) is 1.93. The van der Waals surface area contributed by atoms with Gasteiger partial charge in [-0.15, -0.1) is 0 Å². The van der Waals surface area contributed by atoms with E-state index >= 15 is 0 Å². The summed E-state index contributed by atoms with van der Waals surface area (Å²) in [5, 5.41) is 8.48. The van der Waals surface area contributed by atoms with Gasteiger partial charge in [0.1, 0.15) is 0 Å². The number of aromatic nitrogens is 1. The molecule has 1 heterocycles. The molecule has 0 aliphatic rings. The highest BCUT2D eigenvalue weighted by molar-refractivity contribution is 7.22. The first kappa shape index (κ1) is 15.0. The second-order valence-electron chi connectivity index (χ2n) is 4.73. The predicted octanol–water partition coefficient (Wildman–Crippen LogP) is 3.30. The van der Waals surface area contributed by atoms with Gasteiger partial charge >= 0.3 is 6.03 Å². The third-order valence-corrected chi connectivity index (χ3v) is 4.08. The number of carbonyl (C=O) groups is 2. The summed E-state index contributed by atoms with van der Waals surface area (Å²) in [6.45, 7) is 0. The lowest BCUT2D eigenvalue weighted by Gasteiger charge is -2.03. The Morgan fingerprint density at radius 2 is 1.83 bits per heavy atom.